The fourth-order valence-electron chi connectivity index (χ4n) is 6.45. The van der Waals surface area contributed by atoms with Gasteiger partial charge in [-0.2, -0.15) is 5.26 Å². The number of hydrogen-bond donors (Lipinski definition) is 2. The highest BCUT2D eigenvalue weighted by molar-refractivity contribution is 6.01. The van der Waals surface area contributed by atoms with E-state index in [0.717, 1.165) is 96.8 Å². The Morgan fingerprint density at radius 2 is 2.08 bits per heavy atom. The van der Waals surface area contributed by atoms with Crippen LogP contribution in [0.1, 0.15) is 52.0 Å². The lowest BCUT2D eigenvalue weighted by atomic mass is 9.86. The van der Waals surface area contributed by atoms with Gasteiger partial charge in [-0.05, 0) is 75.5 Å². The largest absolute Gasteiger partial charge is 0.369 e. The molecule has 2 aliphatic carbocycles. The summed E-state index contributed by atoms with van der Waals surface area (Å²) in [6.07, 6.45) is 7.07. The van der Waals surface area contributed by atoms with E-state index >= 15 is 0 Å². The first-order valence-corrected chi connectivity index (χ1v) is 13.0. The van der Waals surface area contributed by atoms with Crippen LogP contribution in [-0.4, -0.2) is 60.5 Å². The molecule has 2 N–H and O–H groups in total. The molecular formula is C29H30N6O. The third-order valence-electron chi connectivity index (χ3n) is 8.85. The molecule has 2 fully saturated rings. The van der Waals surface area contributed by atoms with E-state index in [-0.39, 0.29) is 11.3 Å². The molecule has 4 heterocycles. The van der Waals surface area contributed by atoms with Gasteiger partial charge in [-0.1, -0.05) is 6.07 Å². The lowest BCUT2D eigenvalue weighted by Crippen LogP contribution is -2.39. The second-order valence-electron chi connectivity index (χ2n) is 11.1. The number of likely N-dealkylation sites (N-methyl/N-ethyl adjacent to an activating group) is 1. The summed E-state index contributed by atoms with van der Waals surface area (Å²) >= 11 is 0. The molecule has 7 heteroatoms. The van der Waals surface area contributed by atoms with Crippen LogP contribution in [0.15, 0.2) is 30.5 Å². The van der Waals surface area contributed by atoms with Crippen molar-refractivity contribution in [2.75, 3.05) is 38.6 Å². The maximum atomic E-state index is 12.8. The number of rotatable bonds is 3. The van der Waals surface area contributed by atoms with E-state index in [0.29, 0.717) is 11.6 Å². The Morgan fingerprint density at radius 3 is 2.83 bits per heavy atom. The number of aryl methyl sites for hydroxylation is 1. The van der Waals surface area contributed by atoms with Crippen LogP contribution in [-0.2, 0) is 18.3 Å². The molecule has 3 aromatic rings. The van der Waals surface area contributed by atoms with Crippen molar-refractivity contribution in [2.45, 2.75) is 43.6 Å². The van der Waals surface area contributed by atoms with Crippen molar-refractivity contribution < 1.29 is 4.79 Å². The van der Waals surface area contributed by atoms with Crippen molar-refractivity contribution in [1.82, 2.24) is 20.2 Å². The zero-order valence-corrected chi connectivity index (χ0v) is 20.8. The van der Waals surface area contributed by atoms with Crippen molar-refractivity contribution in [2.24, 2.45) is 0 Å². The fourth-order valence-corrected chi connectivity index (χ4v) is 6.45. The molecule has 1 saturated heterocycles. The van der Waals surface area contributed by atoms with E-state index < -0.39 is 0 Å². The monoisotopic (exact) mass is 478 g/mol. The van der Waals surface area contributed by atoms with Crippen LogP contribution >= 0.6 is 0 Å². The zero-order chi connectivity index (χ0) is 24.6. The number of pyridine rings is 1. The summed E-state index contributed by atoms with van der Waals surface area (Å²) in [6.45, 7) is 2.64. The quantitative estimate of drug-likeness (QED) is 0.600. The summed E-state index contributed by atoms with van der Waals surface area (Å²) in [6, 6.07) is 11.2. The van der Waals surface area contributed by atoms with Gasteiger partial charge in [0.1, 0.15) is 6.07 Å². The predicted molar refractivity (Wildman–Crippen MR) is 139 cm³/mol. The Morgan fingerprint density at radius 1 is 1.22 bits per heavy atom. The molecular weight excluding hydrogens is 448 g/mol. The first-order chi connectivity index (χ1) is 17.5. The smallest absolute Gasteiger partial charge is 0.253 e. The van der Waals surface area contributed by atoms with Crippen molar-refractivity contribution >= 4 is 11.6 Å². The number of benzene rings is 1. The summed E-state index contributed by atoms with van der Waals surface area (Å²) in [5.41, 5.74) is 10.2. The second-order valence-corrected chi connectivity index (χ2v) is 11.1. The number of fused-ring (bicyclic) bond motifs is 6. The molecule has 2 aliphatic heterocycles. The third kappa shape index (κ3) is 3.14. The van der Waals surface area contributed by atoms with Gasteiger partial charge in [0.05, 0.1) is 28.2 Å². The number of anilines is 1. The van der Waals surface area contributed by atoms with Crippen LogP contribution in [0, 0.1) is 11.3 Å². The van der Waals surface area contributed by atoms with Gasteiger partial charge in [-0.3, -0.25) is 9.78 Å². The van der Waals surface area contributed by atoms with Gasteiger partial charge in [0.15, 0.2) is 0 Å². The van der Waals surface area contributed by atoms with E-state index in [1.807, 2.05) is 12.3 Å². The molecule has 1 unspecified atom stereocenters. The number of nitrogens with zero attached hydrogens (tertiary/aromatic N) is 4. The maximum Gasteiger partial charge on any atom is 0.253 e. The average molecular weight is 479 g/mol. The average Bonchev–Trinajstić information content (AvgIpc) is 3.31. The Labute approximate surface area is 211 Å². The Kier molecular flexibility index (Phi) is 4.62. The highest BCUT2D eigenvalue weighted by atomic mass is 16.1. The van der Waals surface area contributed by atoms with E-state index in [1.54, 1.807) is 0 Å². The molecule has 1 aromatic carbocycles. The number of aromatic amines is 1. The first-order valence-electron chi connectivity index (χ1n) is 13.0. The van der Waals surface area contributed by atoms with Crippen LogP contribution in [0.25, 0.3) is 22.5 Å². The van der Waals surface area contributed by atoms with Gasteiger partial charge in [0.2, 0.25) is 0 Å². The topological polar surface area (TPSA) is 88.0 Å². The number of nitrogens with one attached hydrogen (secondary N) is 2. The number of hydrogen-bond acceptors (Lipinski definition) is 5. The maximum absolute atomic E-state index is 12.8. The van der Waals surface area contributed by atoms with Gasteiger partial charge in [0, 0.05) is 54.1 Å². The molecule has 1 spiro atoms. The van der Waals surface area contributed by atoms with Crippen molar-refractivity contribution in [3.63, 3.8) is 0 Å². The lowest BCUT2D eigenvalue weighted by Gasteiger charge is -2.23. The van der Waals surface area contributed by atoms with Crippen LogP contribution in [0.4, 0.5) is 5.69 Å². The van der Waals surface area contributed by atoms with Crippen molar-refractivity contribution in [3.8, 4) is 28.6 Å². The number of amides is 1. The molecule has 1 amide bonds. The first kappa shape index (κ1) is 21.6. The van der Waals surface area contributed by atoms with Crippen LogP contribution in [0.3, 0.4) is 0 Å². The predicted octanol–water partition coefficient (Wildman–Crippen LogP) is 3.63. The van der Waals surface area contributed by atoms with Gasteiger partial charge in [0.25, 0.3) is 5.91 Å². The summed E-state index contributed by atoms with van der Waals surface area (Å²) in [7, 11) is 4.24. The summed E-state index contributed by atoms with van der Waals surface area (Å²) < 4.78 is 0. The summed E-state index contributed by atoms with van der Waals surface area (Å²) in [4.78, 5) is 25.9. The molecule has 2 aromatic heterocycles. The fraction of sp³-hybridized carbons (Fsp3) is 0.414. The Balaban J connectivity index is 1.27. The summed E-state index contributed by atoms with van der Waals surface area (Å²) in [5.74, 6) is 0.0606. The zero-order valence-electron chi connectivity index (χ0n) is 20.8. The molecule has 36 heavy (non-hydrogen) atoms. The number of H-pyrrole nitrogens is 1. The highest BCUT2D eigenvalue weighted by Gasteiger charge is 2.51. The van der Waals surface area contributed by atoms with E-state index in [1.165, 1.54) is 5.56 Å². The number of carbonyl (C=O) groups is 1. The Bertz CT molecular complexity index is 1460. The van der Waals surface area contributed by atoms with Gasteiger partial charge in [-0.15, -0.1) is 0 Å². The summed E-state index contributed by atoms with van der Waals surface area (Å²) in [5, 5.41) is 13.1. The lowest BCUT2D eigenvalue weighted by molar-refractivity contribution is 0.0936. The van der Waals surface area contributed by atoms with Crippen LogP contribution < -0.4 is 10.2 Å². The van der Waals surface area contributed by atoms with Gasteiger partial charge >= 0.3 is 0 Å². The number of carbonyl (C=O) groups excluding carboxylic acids is 1. The molecule has 182 valence electrons. The molecule has 1 saturated carbocycles. The standard InChI is InChI=1S/C29H30N6O/c1-34(2)20-7-10-35(15-20)24-6-4-17(11-19(24)13-30)23-12-22-18(14-31-23)3-5-21-25-27(33-26(21)22)29(8-9-29)16-32-28(25)36/h4,6,11-12,14,20,33H,3,5,7-10,15-16H2,1-2H3,(H,32,36). The SMILES string of the molecule is CN(C)C1CCN(c2ccc(-c3cc4c(cn3)CCc3c-4[nH]c4c3C(=O)NCC43CC3)cc2C#N)C1. The minimum absolute atomic E-state index is 0.0606. The number of aromatic nitrogens is 2. The van der Waals surface area contributed by atoms with Gasteiger partial charge in [-0.25, -0.2) is 0 Å². The third-order valence-corrected chi connectivity index (χ3v) is 8.85. The van der Waals surface area contributed by atoms with Crippen molar-refractivity contribution in [3.05, 3.63) is 58.4 Å². The normalized spacial score (nSPS) is 21.1. The molecule has 7 nitrogen and oxygen atoms in total. The van der Waals surface area contributed by atoms with E-state index in [2.05, 4.69) is 58.5 Å². The van der Waals surface area contributed by atoms with E-state index in [9.17, 15) is 10.1 Å². The molecule has 1 atom stereocenters. The minimum Gasteiger partial charge on any atom is -0.369 e. The Hall–Kier alpha value is -3.63. The molecule has 7 rings (SSSR count). The molecule has 0 bridgehead atoms. The highest BCUT2D eigenvalue weighted by Crippen LogP contribution is 2.52. The van der Waals surface area contributed by atoms with E-state index in [4.69, 9.17) is 4.98 Å². The van der Waals surface area contributed by atoms with Gasteiger partial charge < -0.3 is 20.1 Å². The minimum atomic E-state index is 0.0606. The van der Waals surface area contributed by atoms with Crippen LogP contribution in [0.2, 0.25) is 0 Å². The van der Waals surface area contributed by atoms with Crippen molar-refractivity contribution in [1.29, 1.82) is 5.26 Å². The second kappa shape index (κ2) is 7.68. The number of nitriles is 1. The molecule has 0 radical (unpaired) electrons. The molecule has 4 aliphatic rings. The van der Waals surface area contributed by atoms with Crippen LogP contribution in [0.5, 0.6) is 0 Å².